The molecule has 4 aromatic rings. The molecule has 0 spiro atoms. The normalized spacial score (nSPS) is 12.1. The predicted octanol–water partition coefficient (Wildman–Crippen LogP) is 4.80. The largest absolute Gasteiger partial charge is 0.420 e. The molecule has 4 heterocycles. The number of nitrogens with zero attached hydrogens (tertiary/aromatic N) is 6. The number of rotatable bonds is 5. The van der Waals surface area contributed by atoms with Crippen LogP contribution in [-0.4, -0.2) is 43.1 Å². The number of alkyl halides is 3. The van der Waals surface area contributed by atoms with Crippen LogP contribution in [-0.2, 0) is 16.5 Å². The molecular formula is C21H18ClF3N8O2. The van der Waals surface area contributed by atoms with Crippen molar-refractivity contribution in [1.82, 2.24) is 29.9 Å². The molecular weight excluding hydrogens is 489 g/mol. The molecule has 0 bridgehead atoms. The number of nitrogens with one attached hydrogen (secondary N) is 2. The lowest BCUT2D eigenvalue weighted by atomic mass is 9.95. The number of hydrogen-bond donors (Lipinski definition) is 2. The molecule has 0 fully saturated rings. The standard InChI is InChI=1S/C21H18ClF3N8O2/c1-20(2,35-3)16-14(10-26-13-4-5-15(22)32-17(13)16)31-19(34)30-11-8-12(21(23,24)25)18(27-9-11)33-28-6-7-29-33/h4-10H,1-3H3,(H2,30,31,34). The van der Waals surface area contributed by atoms with Crippen molar-refractivity contribution in [1.29, 1.82) is 0 Å². The van der Waals surface area contributed by atoms with Crippen molar-refractivity contribution in [3.63, 3.8) is 0 Å². The first-order chi connectivity index (χ1) is 16.5. The number of urea groups is 1. The monoisotopic (exact) mass is 506 g/mol. The molecule has 4 aromatic heterocycles. The first kappa shape index (κ1) is 24.3. The zero-order valence-corrected chi connectivity index (χ0v) is 19.3. The molecule has 0 atom stereocenters. The van der Waals surface area contributed by atoms with E-state index in [-0.39, 0.29) is 16.5 Å². The minimum absolute atomic E-state index is 0.201. The molecule has 4 rings (SSSR count). The molecule has 0 saturated heterocycles. The number of hydrogen-bond acceptors (Lipinski definition) is 7. The Morgan fingerprint density at radius 3 is 2.46 bits per heavy atom. The summed E-state index contributed by atoms with van der Waals surface area (Å²) in [6.07, 6.45) is 0.139. The summed E-state index contributed by atoms with van der Waals surface area (Å²) in [5, 5.41) is 12.5. The van der Waals surface area contributed by atoms with Gasteiger partial charge in [-0.25, -0.2) is 14.8 Å². The van der Waals surface area contributed by atoms with E-state index in [1.165, 1.54) is 25.7 Å². The van der Waals surface area contributed by atoms with Gasteiger partial charge in [0.05, 0.1) is 52.8 Å². The smallest absolute Gasteiger partial charge is 0.374 e. The topological polar surface area (TPSA) is 120 Å². The van der Waals surface area contributed by atoms with Crippen molar-refractivity contribution < 1.29 is 22.7 Å². The summed E-state index contributed by atoms with van der Waals surface area (Å²) in [6.45, 7) is 3.52. The highest BCUT2D eigenvalue weighted by atomic mass is 35.5. The molecule has 182 valence electrons. The quantitative estimate of drug-likeness (QED) is 0.373. The van der Waals surface area contributed by atoms with Crippen LogP contribution in [0.4, 0.5) is 29.3 Å². The summed E-state index contributed by atoms with van der Waals surface area (Å²) in [7, 11) is 1.49. The van der Waals surface area contributed by atoms with E-state index in [2.05, 4.69) is 35.8 Å². The third kappa shape index (κ3) is 5.00. The number of ether oxygens (including phenoxy) is 1. The third-order valence-electron chi connectivity index (χ3n) is 5.08. The summed E-state index contributed by atoms with van der Waals surface area (Å²) >= 11 is 6.06. The molecule has 0 aliphatic carbocycles. The van der Waals surface area contributed by atoms with Crippen molar-refractivity contribution in [2.24, 2.45) is 0 Å². The van der Waals surface area contributed by atoms with Crippen molar-refractivity contribution in [2.75, 3.05) is 17.7 Å². The van der Waals surface area contributed by atoms with Crippen LogP contribution in [0.5, 0.6) is 0 Å². The second kappa shape index (κ2) is 9.07. The number of pyridine rings is 3. The van der Waals surface area contributed by atoms with Gasteiger partial charge in [-0.3, -0.25) is 4.98 Å². The lowest BCUT2D eigenvalue weighted by molar-refractivity contribution is -0.137. The Balaban J connectivity index is 1.67. The highest BCUT2D eigenvalue weighted by Crippen LogP contribution is 2.36. The molecule has 0 saturated carbocycles. The Morgan fingerprint density at radius 1 is 1.09 bits per heavy atom. The molecule has 0 aliphatic rings. The van der Waals surface area contributed by atoms with E-state index in [1.807, 2.05) is 0 Å². The van der Waals surface area contributed by atoms with E-state index in [0.717, 1.165) is 17.1 Å². The highest BCUT2D eigenvalue weighted by molar-refractivity contribution is 6.29. The fraction of sp³-hybridized carbons (Fsp3) is 0.238. The molecule has 10 nitrogen and oxygen atoms in total. The van der Waals surface area contributed by atoms with Gasteiger partial charge in [-0.15, -0.1) is 4.80 Å². The summed E-state index contributed by atoms with van der Waals surface area (Å²) in [5.74, 6) is -0.528. The molecule has 0 aliphatic heterocycles. The minimum Gasteiger partial charge on any atom is -0.374 e. The van der Waals surface area contributed by atoms with E-state index in [9.17, 15) is 18.0 Å². The van der Waals surface area contributed by atoms with Gasteiger partial charge in [-0.2, -0.15) is 23.4 Å². The highest BCUT2D eigenvalue weighted by Gasteiger charge is 2.36. The van der Waals surface area contributed by atoms with E-state index < -0.39 is 29.2 Å². The van der Waals surface area contributed by atoms with Crippen LogP contribution in [0.1, 0.15) is 25.0 Å². The van der Waals surface area contributed by atoms with Crippen LogP contribution in [0.3, 0.4) is 0 Å². The molecule has 14 heteroatoms. The van der Waals surface area contributed by atoms with Crippen LogP contribution in [0.15, 0.2) is 43.0 Å². The average Bonchev–Trinajstić information content (AvgIpc) is 3.32. The van der Waals surface area contributed by atoms with Crippen LogP contribution in [0, 0.1) is 0 Å². The van der Waals surface area contributed by atoms with Gasteiger partial charge in [0.1, 0.15) is 10.7 Å². The summed E-state index contributed by atoms with van der Waals surface area (Å²) in [5.41, 5.74) is -0.617. The number of anilines is 2. The Bertz CT molecular complexity index is 1390. The fourth-order valence-corrected chi connectivity index (χ4v) is 3.50. The molecule has 0 aromatic carbocycles. The first-order valence-electron chi connectivity index (χ1n) is 10.0. The molecule has 2 N–H and O–H groups in total. The van der Waals surface area contributed by atoms with Gasteiger partial charge in [-0.1, -0.05) is 11.6 Å². The lowest BCUT2D eigenvalue weighted by Crippen LogP contribution is -2.26. The van der Waals surface area contributed by atoms with Gasteiger partial charge >= 0.3 is 12.2 Å². The van der Waals surface area contributed by atoms with E-state index in [1.54, 1.807) is 26.0 Å². The van der Waals surface area contributed by atoms with Gasteiger partial charge in [0.25, 0.3) is 0 Å². The number of amides is 2. The fourth-order valence-electron chi connectivity index (χ4n) is 3.35. The number of carbonyl (C=O) groups excluding carboxylic acids is 1. The van der Waals surface area contributed by atoms with Crippen LogP contribution >= 0.6 is 11.6 Å². The number of carbonyl (C=O) groups is 1. The zero-order chi connectivity index (χ0) is 25.4. The first-order valence-corrected chi connectivity index (χ1v) is 10.4. The van der Waals surface area contributed by atoms with E-state index >= 15 is 0 Å². The second-order valence-electron chi connectivity index (χ2n) is 7.75. The van der Waals surface area contributed by atoms with Crippen molar-refractivity contribution in [3.05, 3.63) is 59.3 Å². The maximum atomic E-state index is 13.6. The van der Waals surface area contributed by atoms with Crippen LogP contribution in [0.25, 0.3) is 16.9 Å². The summed E-state index contributed by atoms with van der Waals surface area (Å²) in [6, 6.07) is 3.16. The Hall–Kier alpha value is -3.84. The van der Waals surface area contributed by atoms with Gasteiger partial charge in [0.15, 0.2) is 5.82 Å². The van der Waals surface area contributed by atoms with Gasteiger partial charge < -0.3 is 15.4 Å². The van der Waals surface area contributed by atoms with Gasteiger partial charge in [0.2, 0.25) is 0 Å². The third-order valence-corrected chi connectivity index (χ3v) is 5.29. The van der Waals surface area contributed by atoms with Crippen LogP contribution in [0.2, 0.25) is 5.15 Å². The van der Waals surface area contributed by atoms with Crippen LogP contribution < -0.4 is 10.6 Å². The Labute approximate surface area is 201 Å². The molecule has 2 amide bonds. The molecule has 0 unspecified atom stereocenters. The van der Waals surface area contributed by atoms with E-state index in [4.69, 9.17) is 16.3 Å². The maximum absolute atomic E-state index is 13.6. The zero-order valence-electron chi connectivity index (χ0n) is 18.6. The van der Waals surface area contributed by atoms with Crippen molar-refractivity contribution >= 4 is 40.0 Å². The van der Waals surface area contributed by atoms with Crippen molar-refractivity contribution in [2.45, 2.75) is 25.6 Å². The number of halogens is 4. The second-order valence-corrected chi connectivity index (χ2v) is 8.14. The average molecular weight is 507 g/mol. The summed E-state index contributed by atoms with van der Waals surface area (Å²) < 4.78 is 46.5. The molecule has 0 radical (unpaired) electrons. The van der Waals surface area contributed by atoms with Gasteiger partial charge in [0, 0.05) is 12.7 Å². The maximum Gasteiger partial charge on any atom is 0.420 e. The van der Waals surface area contributed by atoms with Crippen molar-refractivity contribution in [3.8, 4) is 5.82 Å². The van der Waals surface area contributed by atoms with Gasteiger partial charge in [-0.05, 0) is 32.0 Å². The predicted molar refractivity (Wildman–Crippen MR) is 121 cm³/mol. The number of methoxy groups -OCH3 is 1. The Kier molecular flexibility index (Phi) is 6.30. The SMILES string of the molecule is COC(C)(C)c1c(NC(=O)Nc2cnc(-n3nccn3)c(C(F)(F)F)c2)cnc2ccc(Cl)nc12. The lowest BCUT2D eigenvalue weighted by Gasteiger charge is -2.27. The Morgan fingerprint density at radius 2 is 1.80 bits per heavy atom. The summed E-state index contributed by atoms with van der Waals surface area (Å²) in [4.78, 5) is 25.9. The minimum atomic E-state index is -4.77. The number of fused-ring (bicyclic) bond motifs is 1. The molecule has 35 heavy (non-hydrogen) atoms. The number of aromatic nitrogens is 6. The van der Waals surface area contributed by atoms with E-state index in [0.29, 0.717) is 16.6 Å².